The summed E-state index contributed by atoms with van der Waals surface area (Å²) >= 11 is 0. The van der Waals surface area contributed by atoms with Crippen LogP contribution in [0.2, 0.25) is 0 Å². The second kappa shape index (κ2) is 5.69. The number of nitrogens with two attached hydrogens (primary N) is 1. The van der Waals surface area contributed by atoms with Crippen LogP contribution in [0.15, 0.2) is 18.3 Å². The molecule has 7 nitrogen and oxygen atoms in total. The van der Waals surface area contributed by atoms with E-state index in [0.29, 0.717) is 0 Å². The Kier molecular flexibility index (Phi) is 4.27. The fourth-order valence-corrected chi connectivity index (χ4v) is 1.25. The predicted octanol–water partition coefficient (Wildman–Crippen LogP) is -0.537. The molecule has 0 aliphatic heterocycles. The summed E-state index contributed by atoms with van der Waals surface area (Å²) in [5.41, 5.74) is 5.18. The minimum atomic E-state index is -1.20. The van der Waals surface area contributed by atoms with Gasteiger partial charge < -0.3 is 21.1 Å². The van der Waals surface area contributed by atoms with Gasteiger partial charge in [0.05, 0.1) is 0 Å². The van der Waals surface area contributed by atoms with Gasteiger partial charge in [0.25, 0.3) is 5.91 Å². The molecule has 1 heterocycles. The van der Waals surface area contributed by atoms with Crippen LogP contribution in [0, 0.1) is 0 Å². The third-order valence-electron chi connectivity index (χ3n) is 2.13. The van der Waals surface area contributed by atoms with Gasteiger partial charge in [-0.1, -0.05) is 0 Å². The van der Waals surface area contributed by atoms with E-state index in [1.807, 2.05) is 0 Å². The van der Waals surface area contributed by atoms with Gasteiger partial charge in [0.2, 0.25) is 5.91 Å². The number of aromatic nitrogens is 1. The number of carbonyl (C=O) groups is 3. The van der Waals surface area contributed by atoms with Crippen molar-refractivity contribution in [1.82, 2.24) is 10.3 Å². The summed E-state index contributed by atoms with van der Waals surface area (Å²) in [5, 5.41) is 11.2. The van der Waals surface area contributed by atoms with Crippen molar-refractivity contribution in [1.29, 1.82) is 0 Å². The molecule has 1 aromatic heterocycles. The molecule has 0 bridgehead atoms. The van der Waals surface area contributed by atoms with Gasteiger partial charge in [-0.15, -0.1) is 0 Å². The van der Waals surface area contributed by atoms with Crippen LogP contribution < -0.4 is 11.1 Å². The van der Waals surface area contributed by atoms with Crippen LogP contribution in [0.3, 0.4) is 0 Å². The first-order valence-corrected chi connectivity index (χ1v) is 4.96. The average molecular weight is 239 g/mol. The Morgan fingerprint density at radius 1 is 1.47 bits per heavy atom. The molecule has 0 aromatic carbocycles. The first-order chi connectivity index (χ1) is 8.00. The molecule has 0 spiro atoms. The highest BCUT2D eigenvalue weighted by Gasteiger charge is 2.21. The highest BCUT2D eigenvalue weighted by atomic mass is 16.4. The van der Waals surface area contributed by atoms with Gasteiger partial charge in [0.15, 0.2) is 0 Å². The Bertz CT molecular complexity index is 413. The van der Waals surface area contributed by atoms with Gasteiger partial charge in [-0.25, -0.2) is 4.79 Å². The molecule has 0 aliphatic carbocycles. The lowest BCUT2D eigenvalue weighted by Gasteiger charge is -2.12. The van der Waals surface area contributed by atoms with E-state index in [1.165, 1.54) is 6.07 Å². The Balaban J connectivity index is 2.58. The van der Waals surface area contributed by atoms with Crippen molar-refractivity contribution < 1.29 is 19.5 Å². The van der Waals surface area contributed by atoms with Crippen LogP contribution in [0.25, 0.3) is 0 Å². The van der Waals surface area contributed by atoms with Crippen LogP contribution in [-0.4, -0.2) is 33.9 Å². The molecular weight excluding hydrogens is 226 g/mol. The van der Waals surface area contributed by atoms with Crippen molar-refractivity contribution in [2.24, 2.45) is 5.73 Å². The summed E-state index contributed by atoms with van der Waals surface area (Å²) in [4.78, 5) is 35.6. The van der Waals surface area contributed by atoms with E-state index < -0.39 is 23.8 Å². The van der Waals surface area contributed by atoms with E-state index in [0.717, 1.165) is 0 Å². The van der Waals surface area contributed by atoms with Crippen LogP contribution in [0.4, 0.5) is 0 Å². The number of amides is 2. The zero-order chi connectivity index (χ0) is 12.8. The standard InChI is InChI=1S/C10H13N3O4/c11-8(14)4-3-7(10(16)17)13-9(15)6-2-1-5-12-6/h1-2,5,7,12H,3-4H2,(H2,11,14)(H,13,15)(H,16,17)/t7-/m0/s1. The van der Waals surface area contributed by atoms with Crippen molar-refractivity contribution in [3.8, 4) is 0 Å². The zero-order valence-corrected chi connectivity index (χ0v) is 8.97. The molecule has 5 N–H and O–H groups in total. The molecule has 1 rings (SSSR count). The summed E-state index contributed by atoms with van der Waals surface area (Å²) < 4.78 is 0. The normalized spacial score (nSPS) is 11.8. The fraction of sp³-hybridized carbons (Fsp3) is 0.300. The minimum Gasteiger partial charge on any atom is -0.480 e. The van der Waals surface area contributed by atoms with Crippen molar-refractivity contribution >= 4 is 17.8 Å². The number of primary amides is 1. The number of aliphatic carboxylic acids is 1. The number of carboxylic acids is 1. The summed E-state index contributed by atoms with van der Waals surface area (Å²) in [7, 11) is 0. The molecule has 1 atom stereocenters. The fourth-order valence-electron chi connectivity index (χ4n) is 1.25. The van der Waals surface area contributed by atoms with Gasteiger partial charge >= 0.3 is 5.97 Å². The Labute approximate surface area is 97.0 Å². The van der Waals surface area contributed by atoms with Crippen molar-refractivity contribution in [3.63, 3.8) is 0 Å². The predicted molar refractivity (Wildman–Crippen MR) is 58.1 cm³/mol. The second-order valence-electron chi connectivity index (χ2n) is 3.45. The molecule has 0 saturated heterocycles. The number of carboxylic acid groups (broad SMARTS) is 1. The number of hydrogen-bond acceptors (Lipinski definition) is 3. The van der Waals surface area contributed by atoms with Gasteiger partial charge in [-0.3, -0.25) is 9.59 Å². The van der Waals surface area contributed by atoms with Gasteiger partial charge in [0, 0.05) is 12.6 Å². The smallest absolute Gasteiger partial charge is 0.326 e. The second-order valence-corrected chi connectivity index (χ2v) is 3.45. The van der Waals surface area contributed by atoms with E-state index in [2.05, 4.69) is 10.3 Å². The lowest BCUT2D eigenvalue weighted by Crippen LogP contribution is -2.41. The minimum absolute atomic E-state index is 0.0306. The van der Waals surface area contributed by atoms with Crippen LogP contribution in [-0.2, 0) is 9.59 Å². The topological polar surface area (TPSA) is 125 Å². The highest BCUT2D eigenvalue weighted by molar-refractivity contribution is 5.95. The van der Waals surface area contributed by atoms with E-state index in [4.69, 9.17) is 10.8 Å². The van der Waals surface area contributed by atoms with Gasteiger partial charge in [-0.05, 0) is 18.6 Å². The van der Waals surface area contributed by atoms with Crippen LogP contribution >= 0.6 is 0 Å². The summed E-state index contributed by atoms with van der Waals surface area (Å²) in [6, 6.07) is 2.01. The maximum atomic E-state index is 11.5. The average Bonchev–Trinajstić information content (AvgIpc) is 2.76. The Hall–Kier alpha value is -2.31. The first kappa shape index (κ1) is 12.8. The molecule has 0 unspecified atom stereocenters. The van der Waals surface area contributed by atoms with E-state index in [1.54, 1.807) is 12.3 Å². The molecule has 0 radical (unpaired) electrons. The number of aromatic amines is 1. The number of H-pyrrole nitrogens is 1. The first-order valence-electron chi connectivity index (χ1n) is 4.96. The van der Waals surface area contributed by atoms with Crippen LogP contribution in [0.5, 0.6) is 0 Å². The molecule has 0 fully saturated rings. The van der Waals surface area contributed by atoms with Crippen molar-refractivity contribution in [2.45, 2.75) is 18.9 Å². The van der Waals surface area contributed by atoms with Gasteiger partial charge in [-0.2, -0.15) is 0 Å². The van der Waals surface area contributed by atoms with Crippen molar-refractivity contribution in [2.75, 3.05) is 0 Å². The molecule has 2 amide bonds. The quantitative estimate of drug-likeness (QED) is 0.532. The van der Waals surface area contributed by atoms with E-state index in [-0.39, 0.29) is 18.5 Å². The molecule has 0 aliphatic rings. The van der Waals surface area contributed by atoms with Crippen molar-refractivity contribution in [3.05, 3.63) is 24.0 Å². The lowest BCUT2D eigenvalue weighted by molar-refractivity contribution is -0.139. The summed E-state index contributed by atoms with van der Waals surface area (Å²) in [6.07, 6.45) is 1.42. The molecule has 92 valence electrons. The monoisotopic (exact) mass is 239 g/mol. The third kappa shape index (κ3) is 3.98. The lowest BCUT2D eigenvalue weighted by atomic mass is 10.1. The molecule has 0 saturated carbocycles. The van der Waals surface area contributed by atoms with E-state index >= 15 is 0 Å². The zero-order valence-electron chi connectivity index (χ0n) is 8.97. The summed E-state index contributed by atoms with van der Waals surface area (Å²) in [5.74, 6) is -2.34. The number of rotatable bonds is 6. The largest absolute Gasteiger partial charge is 0.480 e. The SMILES string of the molecule is NC(=O)CC[C@H](NC(=O)c1ccc[nH]1)C(=O)O. The molecule has 17 heavy (non-hydrogen) atoms. The summed E-state index contributed by atoms with van der Waals surface area (Å²) in [6.45, 7) is 0. The van der Waals surface area contributed by atoms with Gasteiger partial charge in [0.1, 0.15) is 11.7 Å². The molecular formula is C10H13N3O4. The Morgan fingerprint density at radius 3 is 2.65 bits per heavy atom. The third-order valence-corrected chi connectivity index (χ3v) is 2.13. The van der Waals surface area contributed by atoms with Crippen LogP contribution in [0.1, 0.15) is 23.3 Å². The van der Waals surface area contributed by atoms with E-state index in [9.17, 15) is 14.4 Å². The number of carbonyl (C=O) groups excluding carboxylic acids is 2. The highest BCUT2D eigenvalue weighted by Crippen LogP contribution is 2.00. The molecule has 1 aromatic rings. The number of nitrogens with one attached hydrogen (secondary N) is 2. The maximum Gasteiger partial charge on any atom is 0.326 e. The number of hydrogen-bond donors (Lipinski definition) is 4. The maximum absolute atomic E-state index is 11.5. The Morgan fingerprint density at radius 2 is 2.18 bits per heavy atom. The molecule has 7 heteroatoms.